The van der Waals surface area contributed by atoms with Gasteiger partial charge in [0.15, 0.2) is 5.82 Å². The second kappa shape index (κ2) is 7.64. The van der Waals surface area contributed by atoms with Gasteiger partial charge in [0.1, 0.15) is 5.75 Å². The van der Waals surface area contributed by atoms with E-state index in [2.05, 4.69) is 10.1 Å². The first-order valence-corrected chi connectivity index (χ1v) is 9.29. The number of methoxy groups -OCH3 is 1. The van der Waals surface area contributed by atoms with Crippen molar-refractivity contribution in [2.75, 3.05) is 18.6 Å². The number of aromatic nitrogens is 2. The van der Waals surface area contributed by atoms with Gasteiger partial charge in [-0.2, -0.15) is 18.2 Å². The van der Waals surface area contributed by atoms with Crippen LogP contribution in [0, 0.1) is 0 Å². The maximum absolute atomic E-state index is 12.7. The number of hydrogen-bond acceptors (Lipinski definition) is 5. The fourth-order valence-corrected chi connectivity index (χ4v) is 3.52. The molecule has 0 saturated carbocycles. The van der Waals surface area contributed by atoms with E-state index in [-0.39, 0.29) is 24.1 Å². The molecule has 1 atom stereocenters. The molecular formula is C20H15ClF3N3O3. The van der Waals surface area contributed by atoms with Gasteiger partial charge in [-0.05, 0) is 42.5 Å². The lowest BCUT2D eigenvalue weighted by Gasteiger charge is -2.17. The number of anilines is 1. The summed E-state index contributed by atoms with van der Waals surface area (Å²) in [5, 5.41) is 4.30. The molecule has 1 aliphatic heterocycles. The van der Waals surface area contributed by atoms with Crippen LogP contribution in [0.2, 0.25) is 5.02 Å². The highest BCUT2D eigenvalue weighted by atomic mass is 35.5. The summed E-state index contributed by atoms with van der Waals surface area (Å²) in [5.41, 5.74) is 0.228. The third kappa shape index (κ3) is 3.85. The Labute approximate surface area is 174 Å². The summed E-state index contributed by atoms with van der Waals surface area (Å²) in [6, 6.07) is 9.49. The van der Waals surface area contributed by atoms with Crippen molar-refractivity contribution in [2.45, 2.75) is 18.5 Å². The summed E-state index contributed by atoms with van der Waals surface area (Å²) in [7, 11) is 1.50. The number of nitrogens with zero attached hydrogens (tertiary/aromatic N) is 3. The first-order valence-electron chi connectivity index (χ1n) is 8.91. The van der Waals surface area contributed by atoms with Gasteiger partial charge < -0.3 is 14.2 Å². The molecule has 0 radical (unpaired) electrons. The quantitative estimate of drug-likeness (QED) is 0.578. The van der Waals surface area contributed by atoms with E-state index in [1.165, 1.54) is 19.2 Å². The van der Waals surface area contributed by atoms with Crippen molar-refractivity contribution in [3.05, 3.63) is 58.9 Å². The Kier molecular flexibility index (Phi) is 5.15. The minimum Gasteiger partial charge on any atom is -0.495 e. The van der Waals surface area contributed by atoms with Gasteiger partial charge in [0.2, 0.25) is 5.91 Å². The summed E-state index contributed by atoms with van der Waals surface area (Å²) in [6.45, 7) is 0.327. The van der Waals surface area contributed by atoms with Gasteiger partial charge in [-0.15, -0.1) is 0 Å². The van der Waals surface area contributed by atoms with Gasteiger partial charge in [-0.3, -0.25) is 4.79 Å². The standard InChI is InChI=1S/C20H15ClF3N3O3/c1-29-16-7-6-14(9-15(16)21)27-10-12(8-17(27)28)18-25-19(30-26-18)11-2-4-13(5-3-11)20(22,23)24/h2-7,9,12H,8,10H2,1H3. The normalized spacial score (nSPS) is 16.9. The van der Waals surface area contributed by atoms with E-state index in [4.69, 9.17) is 20.9 Å². The third-order valence-corrected chi connectivity index (χ3v) is 5.13. The first-order chi connectivity index (χ1) is 14.3. The lowest BCUT2D eigenvalue weighted by molar-refractivity contribution is -0.137. The van der Waals surface area contributed by atoms with Crippen molar-refractivity contribution in [1.82, 2.24) is 10.1 Å². The molecule has 30 heavy (non-hydrogen) atoms. The van der Waals surface area contributed by atoms with Crippen LogP contribution in [-0.4, -0.2) is 29.7 Å². The van der Waals surface area contributed by atoms with Crippen molar-refractivity contribution in [2.24, 2.45) is 0 Å². The van der Waals surface area contributed by atoms with Crippen LogP contribution in [0.3, 0.4) is 0 Å². The predicted octanol–water partition coefficient (Wildman–Crippen LogP) is 4.94. The Hall–Kier alpha value is -3.07. The molecule has 3 aromatic rings. The number of hydrogen-bond donors (Lipinski definition) is 0. The number of halogens is 4. The molecule has 2 heterocycles. The maximum Gasteiger partial charge on any atom is 0.416 e. The molecule has 6 nitrogen and oxygen atoms in total. The summed E-state index contributed by atoms with van der Waals surface area (Å²) in [6.07, 6.45) is -4.24. The van der Waals surface area contributed by atoms with E-state index in [1.807, 2.05) is 0 Å². The number of carbonyl (C=O) groups excluding carboxylic acids is 1. The Bertz CT molecular complexity index is 1080. The summed E-state index contributed by atoms with van der Waals surface area (Å²) >= 11 is 6.15. The zero-order chi connectivity index (χ0) is 21.5. The highest BCUT2D eigenvalue weighted by Crippen LogP contribution is 2.35. The van der Waals surface area contributed by atoms with Crippen molar-refractivity contribution < 1.29 is 27.2 Å². The van der Waals surface area contributed by atoms with Crippen LogP contribution < -0.4 is 9.64 Å². The van der Waals surface area contributed by atoms with Crippen LogP contribution in [0.15, 0.2) is 47.0 Å². The molecule has 1 aliphatic rings. The molecule has 1 aromatic heterocycles. The average molecular weight is 438 g/mol. The molecule has 1 saturated heterocycles. The molecule has 0 N–H and O–H groups in total. The lowest BCUT2D eigenvalue weighted by Crippen LogP contribution is -2.24. The van der Waals surface area contributed by atoms with Gasteiger partial charge in [-0.25, -0.2) is 0 Å². The second-order valence-corrected chi connectivity index (χ2v) is 7.16. The van der Waals surface area contributed by atoms with Crippen LogP contribution >= 0.6 is 11.6 Å². The van der Waals surface area contributed by atoms with Crippen LogP contribution in [0.1, 0.15) is 23.7 Å². The Balaban J connectivity index is 1.52. The van der Waals surface area contributed by atoms with Crippen molar-refractivity contribution >= 4 is 23.2 Å². The monoisotopic (exact) mass is 437 g/mol. The van der Waals surface area contributed by atoms with E-state index in [0.29, 0.717) is 34.4 Å². The lowest BCUT2D eigenvalue weighted by atomic mass is 10.1. The molecule has 0 spiro atoms. The largest absolute Gasteiger partial charge is 0.495 e. The molecular weight excluding hydrogens is 423 g/mol. The summed E-state index contributed by atoms with van der Waals surface area (Å²) in [4.78, 5) is 18.3. The van der Waals surface area contributed by atoms with E-state index < -0.39 is 11.7 Å². The number of amides is 1. The van der Waals surface area contributed by atoms with E-state index in [9.17, 15) is 18.0 Å². The highest BCUT2D eigenvalue weighted by Gasteiger charge is 2.35. The minimum absolute atomic E-state index is 0.0946. The molecule has 0 aliphatic carbocycles. The highest BCUT2D eigenvalue weighted by molar-refractivity contribution is 6.32. The minimum atomic E-state index is -4.42. The number of benzene rings is 2. The van der Waals surface area contributed by atoms with Gasteiger partial charge >= 0.3 is 6.18 Å². The number of rotatable bonds is 4. The van der Waals surface area contributed by atoms with Gasteiger partial charge in [-0.1, -0.05) is 16.8 Å². The Morgan fingerprint density at radius 3 is 2.57 bits per heavy atom. The van der Waals surface area contributed by atoms with Crippen molar-refractivity contribution in [3.63, 3.8) is 0 Å². The van der Waals surface area contributed by atoms with Gasteiger partial charge in [0.05, 0.1) is 17.7 Å². The fourth-order valence-electron chi connectivity index (χ4n) is 3.27. The van der Waals surface area contributed by atoms with E-state index in [0.717, 1.165) is 12.1 Å². The zero-order valence-corrected chi connectivity index (χ0v) is 16.4. The van der Waals surface area contributed by atoms with E-state index in [1.54, 1.807) is 23.1 Å². The summed E-state index contributed by atoms with van der Waals surface area (Å²) in [5.74, 6) is 0.480. The van der Waals surface area contributed by atoms with Gasteiger partial charge in [0, 0.05) is 30.1 Å². The molecule has 1 unspecified atom stereocenters. The van der Waals surface area contributed by atoms with Gasteiger partial charge in [0.25, 0.3) is 5.89 Å². The average Bonchev–Trinajstić information content (AvgIpc) is 3.34. The molecule has 2 aromatic carbocycles. The molecule has 4 rings (SSSR count). The molecule has 1 amide bonds. The van der Waals surface area contributed by atoms with Crippen LogP contribution in [0.25, 0.3) is 11.5 Å². The molecule has 156 valence electrons. The van der Waals surface area contributed by atoms with E-state index >= 15 is 0 Å². The maximum atomic E-state index is 12.7. The zero-order valence-electron chi connectivity index (χ0n) is 15.6. The fraction of sp³-hybridized carbons (Fsp3) is 0.250. The predicted molar refractivity (Wildman–Crippen MR) is 102 cm³/mol. The number of carbonyl (C=O) groups is 1. The SMILES string of the molecule is COc1ccc(N2CC(c3noc(-c4ccc(C(F)(F)F)cc4)n3)CC2=O)cc1Cl. The second-order valence-electron chi connectivity index (χ2n) is 6.76. The first kappa shape index (κ1) is 20.2. The number of alkyl halides is 3. The Morgan fingerprint density at radius 2 is 1.93 bits per heavy atom. The van der Waals surface area contributed by atoms with Crippen molar-refractivity contribution in [3.8, 4) is 17.2 Å². The van der Waals surface area contributed by atoms with Crippen LogP contribution in [-0.2, 0) is 11.0 Å². The third-order valence-electron chi connectivity index (χ3n) is 4.84. The van der Waals surface area contributed by atoms with Crippen molar-refractivity contribution in [1.29, 1.82) is 0 Å². The molecule has 0 bridgehead atoms. The molecule has 10 heteroatoms. The molecule has 1 fully saturated rings. The smallest absolute Gasteiger partial charge is 0.416 e. The number of ether oxygens (including phenoxy) is 1. The van der Waals surface area contributed by atoms with Crippen LogP contribution in [0.4, 0.5) is 18.9 Å². The topological polar surface area (TPSA) is 68.5 Å². The van der Waals surface area contributed by atoms with Crippen LogP contribution in [0.5, 0.6) is 5.75 Å². The Morgan fingerprint density at radius 1 is 1.20 bits per heavy atom. The summed E-state index contributed by atoms with van der Waals surface area (Å²) < 4.78 is 48.4.